The number of benzene rings is 1. The summed E-state index contributed by atoms with van der Waals surface area (Å²) < 4.78 is 13.5. The van der Waals surface area contributed by atoms with Crippen molar-refractivity contribution in [1.82, 2.24) is 5.32 Å². The minimum atomic E-state index is -0.574. The number of thioether (sulfide) groups is 1. The highest BCUT2D eigenvalue weighted by atomic mass is 32.2. The van der Waals surface area contributed by atoms with Crippen LogP contribution in [0.5, 0.6) is 0 Å². The Balaban J connectivity index is 2.69. The smallest absolute Gasteiger partial charge is 0.251 e. The molecule has 106 valence electrons. The quantitative estimate of drug-likeness (QED) is 0.844. The van der Waals surface area contributed by atoms with Crippen LogP contribution in [-0.4, -0.2) is 29.9 Å². The number of carbonyl (C=O) groups is 1. The highest BCUT2D eigenvalue weighted by Gasteiger charge is 2.13. The van der Waals surface area contributed by atoms with E-state index < -0.39 is 6.10 Å². The van der Waals surface area contributed by atoms with Gasteiger partial charge in [0.1, 0.15) is 5.82 Å². The van der Waals surface area contributed by atoms with Gasteiger partial charge in [0.05, 0.1) is 6.10 Å². The summed E-state index contributed by atoms with van der Waals surface area (Å²) in [6.07, 6.45) is 1.31. The second-order valence-electron chi connectivity index (χ2n) is 4.76. The van der Waals surface area contributed by atoms with E-state index in [9.17, 15) is 14.3 Å². The Morgan fingerprint density at radius 2 is 2.16 bits per heavy atom. The van der Waals surface area contributed by atoms with Gasteiger partial charge in [-0.25, -0.2) is 4.39 Å². The summed E-state index contributed by atoms with van der Waals surface area (Å²) in [5.74, 6) is 0.0254. The van der Waals surface area contributed by atoms with E-state index >= 15 is 0 Å². The Labute approximate surface area is 117 Å². The second-order valence-corrected chi connectivity index (χ2v) is 5.63. The van der Waals surface area contributed by atoms with Crippen molar-refractivity contribution >= 4 is 17.7 Å². The van der Waals surface area contributed by atoms with Gasteiger partial charge >= 0.3 is 0 Å². The zero-order valence-corrected chi connectivity index (χ0v) is 12.3. The van der Waals surface area contributed by atoms with Crippen LogP contribution in [0.25, 0.3) is 0 Å². The molecule has 1 unspecified atom stereocenters. The third kappa shape index (κ3) is 4.84. The molecule has 1 rings (SSSR count). The SMILES string of the molecule is CSCc1cc(C(=O)NCC(O)C(C)C)ccc1F. The third-order valence-corrected chi connectivity index (χ3v) is 3.45. The Morgan fingerprint density at radius 1 is 1.47 bits per heavy atom. The zero-order valence-electron chi connectivity index (χ0n) is 11.4. The highest BCUT2D eigenvalue weighted by Crippen LogP contribution is 2.15. The van der Waals surface area contributed by atoms with Crippen LogP contribution in [0.3, 0.4) is 0 Å². The van der Waals surface area contributed by atoms with Crippen LogP contribution >= 0.6 is 11.8 Å². The maximum Gasteiger partial charge on any atom is 0.251 e. The van der Waals surface area contributed by atoms with Crippen LogP contribution in [0.2, 0.25) is 0 Å². The molecule has 0 bridgehead atoms. The van der Waals surface area contributed by atoms with Crippen molar-refractivity contribution in [2.45, 2.75) is 25.7 Å². The van der Waals surface area contributed by atoms with E-state index in [2.05, 4.69) is 5.32 Å². The summed E-state index contributed by atoms with van der Waals surface area (Å²) in [5, 5.41) is 12.3. The minimum Gasteiger partial charge on any atom is -0.391 e. The summed E-state index contributed by atoms with van der Waals surface area (Å²) in [6.45, 7) is 3.96. The first-order valence-electron chi connectivity index (χ1n) is 6.19. The van der Waals surface area contributed by atoms with Gasteiger partial charge in [0.15, 0.2) is 0 Å². The molecule has 0 saturated heterocycles. The van der Waals surface area contributed by atoms with Gasteiger partial charge in [-0.3, -0.25) is 4.79 Å². The summed E-state index contributed by atoms with van der Waals surface area (Å²) in [4.78, 5) is 11.9. The van der Waals surface area contributed by atoms with Gasteiger partial charge in [-0.2, -0.15) is 11.8 Å². The fourth-order valence-corrected chi connectivity index (χ4v) is 2.05. The van der Waals surface area contributed by atoms with E-state index in [4.69, 9.17) is 0 Å². The zero-order chi connectivity index (χ0) is 14.4. The Hall–Kier alpha value is -1.07. The van der Waals surface area contributed by atoms with Crippen molar-refractivity contribution in [2.24, 2.45) is 5.92 Å². The molecule has 0 radical (unpaired) electrons. The molecule has 19 heavy (non-hydrogen) atoms. The van der Waals surface area contributed by atoms with E-state index in [1.807, 2.05) is 20.1 Å². The maximum atomic E-state index is 13.5. The fourth-order valence-electron chi connectivity index (χ4n) is 1.52. The van der Waals surface area contributed by atoms with Gasteiger partial charge in [0, 0.05) is 17.9 Å². The highest BCUT2D eigenvalue weighted by molar-refractivity contribution is 7.97. The fraction of sp³-hybridized carbons (Fsp3) is 0.500. The first kappa shape index (κ1) is 16.0. The Morgan fingerprint density at radius 3 is 2.74 bits per heavy atom. The summed E-state index contributed by atoms with van der Waals surface area (Å²) >= 11 is 1.50. The number of rotatable bonds is 6. The van der Waals surface area contributed by atoms with Crippen molar-refractivity contribution < 1.29 is 14.3 Å². The molecule has 0 saturated carbocycles. The predicted octanol–water partition coefficient (Wildman–Crippen LogP) is 2.44. The van der Waals surface area contributed by atoms with Gasteiger partial charge in [-0.1, -0.05) is 13.8 Å². The van der Waals surface area contributed by atoms with E-state index in [0.717, 1.165) is 0 Å². The lowest BCUT2D eigenvalue weighted by molar-refractivity contribution is 0.0871. The molecule has 0 heterocycles. The molecule has 0 aliphatic heterocycles. The predicted molar refractivity (Wildman–Crippen MR) is 76.8 cm³/mol. The molecular formula is C14H20FNO2S. The monoisotopic (exact) mass is 285 g/mol. The standard InChI is InChI=1S/C14H20FNO2S/c1-9(2)13(17)7-16-14(18)10-4-5-12(15)11(6-10)8-19-3/h4-6,9,13,17H,7-8H2,1-3H3,(H,16,18). The molecule has 0 aromatic heterocycles. The van der Waals surface area contributed by atoms with Crippen molar-refractivity contribution in [2.75, 3.05) is 12.8 Å². The number of carbonyl (C=O) groups excluding carboxylic acids is 1. The molecule has 1 aromatic carbocycles. The number of halogens is 1. The lowest BCUT2D eigenvalue weighted by Gasteiger charge is -2.15. The number of hydrogen-bond acceptors (Lipinski definition) is 3. The second kappa shape index (κ2) is 7.50. The number of hydrogen-bond donors (Lipinski definition) is 2. The van der Waals surface area contributed by atoms with Gasteiger partial charge in [0.2, 0.25) is 0 Å². The van der Waals surface area contributed by atoms with Gasteiger partial charge in [0.25, 0.3) is 5.91 Å². The number of aliphatic hydroxyl groups excluding tert-OH is 1. The molecule has 1 aromatic rings. The van der Waals surface area contributed by atoms with Crippen LogP contribution in [0, 0.1) is 11.7 Å². The van der Waals surface area contributed by atoms with Crippen LogP contribution in [-0.2, 0) is 5.75 Å². The Bertz CT molecular complexity index is 437. The lowest BCUT2D eigenvalue weighted by Crippen LogP contribution is -2.34. The first-order chi connectivity index (χ1) is 8.95. The largest absolute Gasteiger partial charge is 0.391 e. The van der Waals surface area contributed by atoms with E-state index in [1.165, 1.54) is 23.9 Å². The van der Waals surface area contributed by atoms with Crippen LogP contribution in [0.4, 0.5) is 4.39 Å². The molecule has 1 atom stereocenters. The van der Waals surface area contributed by atoms with Crippen LogP contribution < -0.4 is 5.32 Å². The number of amides is 1. The number of nitrogens with one attached hydrogen (secondary N) is 1. The van der Waals surface area contributed by atoms with Crippen molar-refractivity contribution in [3.63, 3.8) is 0 Å². The van der Waals surface area contributed by atoms with Crippen LogP contribution in [0.1, 0.15) is 29.8 Å². The molecule has 3 nitrogen and oxygen atoms in total. The maximum absolute atomic E-state index is 13.5. The van der Waals surface area contributed by atoms with Crippen LogP contribution in [0.15, 0.2) is 18.2 Å². The lowest BCUT2D eigenvalue weighted by atomic mass is 10.1. The topological polar surface area (TPSA) is 49.3 Å². The van der Waals surface area contributed by atoms with Crippen molar-refractivity contribution in [3.05, 3.63) is 35.1 Å². The van der Waals surface area contributed by atoms with E-state index in [-0.39, 0.29) is 24.2 Å². The summed E-state index contributed by atoms with van der Waals surface area (Å²) in [6, 6.07) is 4.32. The molecule has 5 heteroatoms. The molecule has 0 spiro atoms. The molecule has 1 amide bonds. The van der Waals surface area contributed by atoms with Gasteiger partial charge in [-0.05, 0) is 35.9 Å². The minimum absolute atomic E-state index is 0.0839. The molecule has 0 fully saturated rings. The summed E-state index contributed by atoms with van der Waals surface area (Å²) in [5.41, 5.74) is 0.936. The Kier molecular flexibility index (Phi) is 6.31. The molecule has 0 aliphatic carbocycles. The van der Waals surface area contributed by atoms with E-state index in [0.29, 0.717) is 16.9 Å². The molecule has 0 aliphatic rings. The number of aliphatic hydroxyl groups is 1. The van der Waals surface area contributed by atoms with E-state index in [1.54, 1.807) is 6.07 Å². The summed E-state index contributed by atoms with van der Waals surface area (Å²) in [7, 11) is 0. The third-order valence-electron chi connectivity index (χ3n) is 2.85. The van der Waals surface area contributed by atoms with Gasteiger partial charge < -0.3 is 10.4 Å². The van der Waals surface area contributed by atoms with Crippen molar-refractivity contribution in [3.8, 4) is 0 Å². The molecular weight excluding hydrogens is 265 g/mol. The van der Waals surface area contributed by atoms with Crippen molar-refractivity contribution in [1.29, 1.82) is 0 Å². The average Bonchev–Trinajstić information content (AvgIpc) is 2.38. The average molecular weight is 285 g/mol. The first-order valence-corrected chi connectivity index (χ1v) is 7.58. The molecule has 2 N–H and O–H groups in total. The van der Waals surface area contributed by atoms with Gasteiger partial charge in [-0.15, -0.1) is 0 Å². The normalized spacial score (nSPS) is 12.5.